The number of carbonyl (C=O) groups is 1. The standard InChI is InChI=1S/C9H12BrN3O3/c1-9(12(2)8(14)15)4-13-7(16-5-9)6(10)3-11-13/h3H,4-5H2,1-2H3,(H,14,15). The highest BCUT2D eigenvalue weighted by Crippen LogP contribution is 2.32. The number of halogens is 1. The molecule has 6 nitrogen and oxygen atoms in total. The van der Waals surface area contributed by atoms with E-state index >= 15 is 0 Å². The summed E-state index contributed by atoms with van der Waals surface area (Å²) in [5.41, 5.74) is -0.593. The molecular formula is C9H12BrN3O3. The zero-order valence-corrected chi connectivity index (χ0v) is 10.6. The summed E-state index contributed by atoms with van der Waals surface area (Å²) < 4.78 is 7.97. The second kappa shape index (κ2) is 3.65. The molecule has 0 spiro atoms. The van der Waals surface area contributed by atoms with Crippen LogP contribution in [-0.4, -0.2) is 45.1 Å². The van der Waals surface area contributed by atoms with E-state index < -0.39 is 11.6 Å². The Morgan fingerprint density at radius 3 is 3.12 bits per heavy atom. The number of likely N-dealkylation sites (N-methyl/N-ethyl adjacent to an activating group) is 1. The molecule has 0 saturated carbocycles. The third-order valence-electron chi connectivity index (χ3n) is 2.86. The summed E-state index contributed by atoms with van der Waals surface area (Å²) in [6.45, 7) is 2.64. The van der Waals surface area contributed by atoms with Gasteiger partial charge in [0.2, 0.25) is 5.88 Å². The molecule has 0 aliphatic carbocycles. The van der Waals surface area contributed by atoms with Crippen LogP contribution in [0.15, 0.2) is 10.7 Å². The van der Waals surface area contributed by atoms with Crippen LogP contribution >= 0.6 is 15.9 Å². The molecule has 0 fully saturated rings. The smallest absolute Gasteiger partial charge is 0.407 e. The minimum atomic E-state index is -0.972. The molecule has 16 heavy (non-hydrogen) atoms. The summed E-state index contributed by atoms with van der Waals surface area (Å²) in [6.07, 6.45) is 0.669. The number of hydrogen-bond donors (Lipinski definition) is 1. The van der Waals surface area contributed by atoms with Gasteiger partial charge in [-0.15, -0.1) is 0 Å². The SMILES string of the molecule is CN(C(=O)O)C1(C)COc2c(Br)cnn2C1. The number of rotatable bonds is 1. The Morgan fingerprint density at radius 1 is 1.81 bits per heavy atom. The van der Waals surface area contributed by atoms with Gasteiger partial charge in [0, 0.05) is 7.05 Å². The molecule has 2 heterocycles. The minimum absolute atomic E-state index is 0.320. The van der Waals surface area contributed by atoms with Crippen molar-refractivity contribution in [2.24, 2.45) is 0 Å². The lowest BCUT2D eigenvalue weighted by atomic mass is 10.0. The normalized spacial score (nSPS) is 23.4. The van der Waals surface area contributed by atoms with Gasteiger partial charge < -0.3 is 14.7 Å². The van der Waals surface area contributed by atoms with Crippen molar-refractivity contribution in [3.8, 4) is 5.88 Å². The van der Waals surface area contributed by atoms with Crippen molar-refractivity contribution < 1.29 is 14.6 Å². The van der Waals surface area contributed by atoms with Gasteiger partial charge in [-0.05, 0) is 22.9 Å². The fourth-order valence-electron chi connectivity index (χ4n) is 1.63. The lowest BCUT2D eigenvalue weighted by molar-refractivity contribution is 0.0293. The van der Waals surface area contributed by atoms with Gasteiger partial charge in [0.15, 0.2) is 0 Å². The molecule has 0 bridgehead atoms. The van der Waals surface area contributed by atoms with E-state index in [9.17, 15) is 4.79 Å². The fourth-order valence-corrected chi connectivity index (χ4v) is 2.04. The van der Waals surface area contributed by atoms with Gasteiger partial charge >= 0.3 is 6.09 Å². The van der Waals surface area contributed by atoms with Crippen molar-refractivity contribution in [2.75, 3.05) is 13.7 Å². The first-order valence-electron chi connectivity index (χ1n) is 4.75. The largest absolute Gasteiger partial charge is 0.474 e. The van der Waals surface area contributed by atoms with Gasteiger partial charge in [0.25, 0.3) is 0 Å². The summed E-state index contributed by atoms with van der Waals surface area (Å²) in [7, 11) is 1.54. The van der Waals surface area contributed by atoms with E-state index in [0.717, 1.165) is 4.47 Å². The van der Waals surface area contributed by atoms with Crippen LogP contribution in [0.2, 0.25) is 0 Å². The highest BCUT2D eigenvalue weighted by Gasteiger charge is 2.39. The van der Waals surface area contributed by atoms with Crippen LogP contribution in [0, 0.1) is 0 Å². The quantitative estimate of drug-likeness (QED) is 0.849. The van der Waals surface area contributed by atoms with Crippen molar-refractivity contribution >= 4 is 22.0 Å². The molecule has 0 aromatic carbocycles. The molecule has 7 heteroatoms. The monoisotopic (exact) mass is 289 g/mol. The van der Waals surface area contributed by atoms with Crippen molar-refractivity contribution in [2.45, 2.75) is 19.0 Å². The number of ether oxygens (including phenoxy) is 1. The van der Waals surface area contributed by atoms with Crippen LogP contribution in [0.3, 0.4) is 0 Å². The Labute approximate surface area is 101 Å². The Hall–Kier alpha value is -1.24. The second-order valence-corrected chi connectivity index (χ2v) is 4.94. The van der Waals surface area contributed by atoms with Gasteiger partial charge in [-0.2, -0.15) is 5.10 Å². The highest BCUT2D eigenvalue weighted by molar-refractivity contribution is 9.10. The zero-order valence-electron chi connectivity index (χ0n) is 8.97. The molecule has 1 amide bonds. The lowest BCUT2D eigenvalue weighted by Gasteiger charge is -2.39. The second-order valence-electron chi connectivity index (χ2n) is 4.08. The van der Waals surface area contributed by atoms with Crippen LogP contribution in [0.1, 0.15) is 6.92 Å². The van der Waals surface area contributed by atoms with Gasteiger partial charge in [-0.1, -0.05) is 0 Å². The number of fused-ring (bicyclic) bond motifs is 1. The van der Waals surface area contributed by atoms with Crippen LogP contribution < -0.4 is 4.74 Å². The first-order valence-corrected chi connectivity index (χ1v) is 5.54. The molecule has 1 aromatic rings. The fraction of sp³-hybridized carbons (Fsp3) is 0.556. The summed E-state index contributed by atoms with van der Waals surface area (Å²) in [5.74, 6) is 0.649. The highest BCUT2D eigenvalue weighted by atomic mass is 79.9. The van der Waals surface area contributed by atoms with Crippen molar-refractivity contribution in [3.63, 3.8) is 0 Å². The molecule has 1 atom stereocenters. The van der Waals surface area contributed by atoms with Gasteiger partial charge in [0.1, 0.15) is 6.61 Å². The molecule has 1 aliphatic rings. The Balaban J connectivity index is 2.27. The minimum Gasteiger partial charge on any atom is -0.474 e. The van der Waals surface area contributed by atoms with Crippen molar-refractivity contribution in [1.82, 2.24) is 14.7 Å². The molecule has 1 N–H and O–H groups in total. The molecule has 1 aliphatic heterocycles. The topological polar surface area (TPSA) is 67.6 Å². The lowest BCUT2D eigenvalue weighted by Crippen LogP contribution is -2.55. The number of amides is 1. The molecule has 2 rings (SSSR count). The van der Waals surface area contributed by atoms with E-state index in [4.69, 9.17) is 9.84 Å². The summed E-state index contributed by atoms with van der Waals surface area (Å²) in [6, 6.07) is 0. The van der Waals surface area contributed by atoms with E-state index in [1.807, 2.05) is 6.92 Å². The first-order chi connectivity index (χ1) is 7.44. The zero-order chi connectivity index (χ0) is 11.9. The Kier molecular flexibility index (Phi) is 2.57. The maximum Gasteiger partial charge on any atom is 0.407 e. The van der Waals surface area contributed by atoms with Gasteiger partial charge in [-0.3, -0.25) is 0 Å². The molecule has 0 saturated heterocycles. The molecule has 88 valence electrons. The molecule has 1 unspecified atom stereocenters. The van der Waals surface area contributed by atoms with Crippen molar-refractivity contribution in [3.05, 3.63) is 10.7 Å². The van der Waals surface area contributed by atoms with Crippen molar-refractivity contribution in [1.29, 1.82) is 0 Å². The number of carboxylic acid groups (broad SMARTS) is 1. The molecular weight excluding hydrogens is 278 g/mol. The maximum atomic E-state index is 11.0. The van der Waals surface area contributed by atoms with E-state index in [0.29, 0.717) is 19.0 Å². The summed E-state index contributed by atoms with van der Waals surface area (Å²) in [5, 5.41) is 13.1. The average Bonchev–Trinajstić information content (AvgIpc) is 2.58. The Bertz CT molecular complexity index is 434. The van der Waals surface area contributed by atoms with Gasteiger partial charge in [0.05, 0.1) is 22.8 Å². The molecule has 1 aromatic heterocycles. The average molecular weight is 290 g/mol. The third kappa shape index (κ3) is 1.64. The van der Waals surface area contributed by atoms with Crippen LogP contribution in [-0.2, 0) is 6.54 Å². The predicted molar refractivity (Wildman–Crippen MR) is 59.6 cm³/mol. The number of nitrogens with zero attached hydrogens (tertiary/aromatic N) is 3. The first kappa shape index (κ1) is 11.3. The van der Waals surface area contributed by atoms with E-state index in [1.54, 1.807) is 10.9 Å². The summed E-state index contributed by atoms with van der Waals surface area (Å²) in [4.78, 5) is 12.2. The van der Waals surface area contributed by atoms with E-state index in [-0.39, 0.29) is 0 Å². The summed E-state index contributed by atoms with van der Waals surface area (Å²) >= 11 is 3.32. The van der Waals surface area contributed by atoms with Crippen LogP contribution in [0.25, 0.3) is 0 Å². The van der Waals surface area contributed by atoms with Crippen LogP contribution in [0.5, 0.6) is 5.88 Å². The molecule has 0 radical (unpaired) electrons. The Morgan fingerprint density at radius 2 is 2.50 bits per heavy atom. The van der Waals surface area contributed by atoms with E-state index in [2.05, 4.69) is 21.0 Å². The third-order valence-corrected chi connectivity index (χ3v) is 3.40. The number of aromatic nitrogens is 2. The van der Waals surface area contributed by atoms with Gasteiger partial charge in [-0.25, -0.2) is 9.48 Å². The maximum absolute atomic E-state index is 11.0. The number of hydrogen-bond acceptors (Lipinski definition) is 3. The van der Waals surface area contributed by atoms with E-state index in [1.165, 1.54) is 11.9 Å². The predicted octanol–water partition coefficient (Wildman–Crippen LogP) is 1.41. The van der Waals surface area contributed by atoms with Crippen LogP contribution in [0.4, 0.5) is 4.79 Å².